The summed E-state index contributed by atoms with van der Waals surface area (Å²) in [6, 6.07) is 12.8. The van der Waals surface area contributed by atoms with Crippen LogP contribution in [0.3, 0.4) is 0 Å². The average molecular weight is 361 g/mol. The zero-order valence-corrected chi connectivity index (χ0v) is 14.0. The van der Waals surface area contributed by atoms with Crippen molar-refractivity contribution >= 4 is 39.1 Å². The highest BCUT2D eigenvalue weighted by Crippen LogP contribution is 2.20. The van der Waals surface area contributed by atoms with E-state index in [0.717, 1.165) is 16.5 Å². The molecule has 0 atom stereocenters. The van der Waals surface area contributed by atoms with Crippen molar-refractivity contribution in [1.29, 1.82) is 0 Å². The molecule has 5 heteroatoms. The predicted octanol–water partition coefficient (Wildman–Crippen LogP) is 3.90. The molecule has 2 rings (SSSR count). The molecule has 0 bridgehead atoms. The highest BCUT2D eigenvalue weighted by Gasteiger charge is 2.14. The average Bonchev–Trinajstić information content (AvgIpc) is 2.51. The first-order chi connectivity index (χ1) is 10.5. The Kier molecular flexibility index (Phi) is 5.33. The molecule has 2 N–H and O–H groups in total. The van der Waals surface area contributed by atoms with Crippen LogP contribution in [-0.2, 0) is 16.0 Å². The van der Waals surface area contributed by atoms with Crippen molar-refractivity contribution in [2.75, 3.05) is 10.6 Å². The highest BCUT2D eigenvalue weighted by atomic mass is 79.9. The van der Waals surface area contributed by atoms with Gasteiger partial charge in [0.15, 0.2) is 0 Å². The molecule has 22 heavy (non-hydrogen) atoms. The van der Waals surface area contributed by atoms with E-state index in [-0.39, 0.29) is 0 Å². The second kappa shape index (κ2) is 7.22. The van der Waals surface area contributed by atoms with E-state index in [1.807, 2.05) is 25.1 Å². The van der Waals surface area contributed by atoms with E-state index in [0.29, 0.717) is 11.4 Å². The lowest BCUT2D eigenvalue weighted by molar-refractivity contribution is -0.132. The van der Waals surface area contributed by atoms with Gasteiger partial charge in [-0.2, -0.15) is 0 Å². The number of aryl methyl sites for hydroxylation is 2. The van der Waals surface area contributed by atoms with Gasteiger partial charge in [0.25, 0.3) is 0 Å². The van der Waals surface area contributed by atoms with Crippen LogP contribution in [0.15, 0.2) is 46.9 Å². The summed E-state index contributed by atoms with van der Waals surface area (Å²) < 4.78 is 0.950. The minimum absolute atomic E-state index is 0.585. The Hall–Kier alpha value is -2.14. The van der Waals surface area contributed by atoms with Gasteiger partial charge in [-0.05, 0) is 54.8 Å². The molecular formula is C17H17BrN2O2. The van der Waals surface area contributed by atoms with Gasteiger partial charge < -0.3 is 10.6 Å². The highest BCUT2D eigenvalue weighted by molar-refractivity contribution is 9.10. The van der Waals surface area contributed by atoms with Gasteiger partial charge in [0, 0.05) is 15.8 Å². The van der Waals surface area contributed by atoms with Crippen LogP contribution in [0.5, 0.6) is 0 Å². The molecule has 0 aromatic heterocycles. The standard InChI is InChI=1S/C17H17BrN2O2/c1-3-12-4-6-13(7-5-12)19-16(21)17(22)20-14-8-9-15(18)11(2)10-14/h4-10H,3H2,1-2H3,(H,19,21)(H,20,22). The summed E-state index contributed by atoms with van der Waals surface area (Å²) in [6.45, 7) is 3.97. The fraction of sp³-hybridized carbons (Fsp3) is 0.176. The van der Waals surface area contributed by atoms with Crippen LogP contribution in [-0.4, -0.2) is 11.8 Å². The molecular weight excluding hydrogens is 344 g/mol. The van der Waals surface area contributed by atoms with Crippen molar-refractivity contribution in [3.63, 3.8) is 0 Å². The van der Waals surface area contributed by atoms with Crippen LogP contribution in [0.4, 0.5) is 11.4 Å². The number of carbonyl (C=O) groups is 2. The molecule has 114 valence electrons. The van der Waals surface area contributed by atoms with Gasteiger partial charge in [-0.25, -0.2) is 0 Å². The molecule has 0 fully saturated rings. The van der Waals surface area contributed by atoms with E-state index in [9.17, 15) is 9.59 Å². The molecule has 2 amide bonds. The Bertz CT molecular complexity index is 696. The van der Waals surface area contributed by atoms with Crippen molar-refractivity contribution in [3.8, 4) is 0 Å². The molecule has 0 radical (unpaired) electrons. The quantitative estimate of drug-likeness (QED) is 0.815. The van der Waals surface area contributed by atoms with E-state index in [2.05, 4.69) is 33.5 Å². The summed E-state index contributed by atoms with van der Waals surface area (Å²) in [6.07, 6.45) is 0.928. The summed E-state index contributed by atoms with van der Waals surface area (Å²) in [5, 5.41) is 5.16. The summed E-state index contributed by atoms with van der Waals surface area (Å²) in [5.74, 6) is -1.38. The minimum atomic E-state index is -0.693. The van der Waals surface area contributed by atoms with Gasteiger partial charge >= 0.3 is 11.8 Å². The van der Waals surface area contributed by atoms with Gasteiger partial charge in [0.1, 0.15) is 0 Å². The summed E-state index contributed by atoms with van der Waals surface area (Å²) in [7, 11) is 0. The molecule has 4 nitrogen and oxygen atoms in total. The van der Waals surface area contributed by atoms with Crippen molar-refractivity contribution in [1.82, 2.24) is 0 Å². The van der Waals surface area contributed by atoms with Crippen LogP contribution >= 0.6 is 15.9 Å². The van der Waals surface area contributed by atoms with E-state index in [1.165, 1.54) is 5.56 Å². The Labute approximate surface area is 138 Å². The number of hydrogen-bond acceptors (Lipinski definition) is 2. The van der Waals surface area contributed by atoms with E-state index in [4.69, 9.17) is 0 Å². The fourth-order valence-electron chi connectivity index (χ4n) is 1.92. The Morgan fingerprint density at radius 1 is 0.955 bits per heavy atom. The number of benzene rings is 2. The Morgan fingerprint density at radius 2 is 1.50 bits per heavy atom. The molecule has 0 aliphatic carbocycles. The van der Waals surface area contributed by atoms with Crippen molar-refractivity contribution in [3.05, 3.63) is 58.1 Å². The third kappa shape index (κ3) is 4.18. The van der Waals surface area contributed by atoms with Crippen LogP contribution in [0.25, 0.3) is 0 Å². The third-order valence-electron chi connectivity index (χ3n) is 3.24. The topological polar surface area (TPSA) is 58.2 Å². The number of hydrogen-bond donors (Lipinski definition) is 2. The lowest BCUT2D eigenvalue weighted by atomic mass is 10.1. The number of anilines is 2. The van der Waals surface area contributed by atoms with Crippen LogP contribution in [0.1, 0.15) is 18.1 Å². The Balaban J connectivity index is 1.99. The first-order valence-electron chi connectivity index (χ1n) is 6.97. The maximum atomic E-state index is 11.9. The normalized spacial score (nSPS) is 10.1. The van der Waals surface area contributed by atoms with Gasteiger partial charge in [0.2, 0.25) is 0 Å². The molecule has 0 saturated carbocycles. The zero-order chi connectivity index (χ0) is 16.1. The first-order valence-corrected chi connectivity index (χ1v) is 7.76. The van der Waals surface area contributed by atoms with Gasteiger partial charge in [-0.15, -0.1) is 0 Å². The molecule has 0 spiro atoms. The van der Waals surface area contributed by atoms with Crippen LogP contribution in [0.2, 0.25) is 0 Å². The number of rotatable bonds is 3. The van der Waals surface area contributed by atoms with E-state index >= 15 is 0 Å². The second-order valence-corrected chi connectivity index (χ2v) is 5.78. The summed E-state index contributed by atoms with van der Waals surface area (Å²) in [4.78, 5) is 23.8. The summed E-state index contributed by atoms with van der Waals surface area (Å²) in [5.41, 5.74) is 3.34. The number of carbonyl (C=O) groups excluding carboxylic acids is 2. The van der Waals surface area contributed by atoms with Crippen molar-refractivity contribution in [2.45, 2.75) is 20.3 Å². The molecule has 0 unspecified atom stereocenters. The van der Waals surface area contributed by atoms with Crippen molar-refractivity contribution in [2.24, 2.45) is 0 Å². The van der Waals surface area contributed by atoms with Crippen molar-refractivity contribution < 1.29 is 9.59 Å². The summed E-state index contributed by atoms with van der Waals surface area (Å²) >= 11 is 3.39. The maximum absolute atomic E-state index is 11.9. The lowest BCUT2D eigenvalue weighted by Crippen LogP contribution is -2.29. The van der Waals surface area contributed by atoms with Gasteiger partial charge in [0.05, 0.1) is 0 Å². The third-order valence-corrected chi connectivity index (χ3v) is 4.13. The molecule has 0 aliphatic heterocycles. The molecule has 2 aromatic rings. The largest absolute Gasteiger partial charge is 0.318 e. The number of halogens is 1. The number of amides is 2. The SMILES string of the molecule is CCc1ccc(NC(=O)C(=O)Nc2ccc(Br)c(C)c2)cc1. The fourth-order valence-corrected chi connectivity index (χ4v) is 2.17. The molecule has 2 aromatic carbocycles. The number of nitrogens with one attached hydrogen (secondary N) is 2. The Morgan fingerprint density at radius 3 is 2.05 bits per heavy atom. The minimum Gasteiger partial charge on any atom is -0.318 e. The zero-order valence-electron chi connectivity index (χ0n) is 12.4. The van der Waals surface area contributed by atoms with Gasteiger partial charge in [-0.1, -0.05) is 35.0 Å². The smallest absolute Gasteiger partial charge is 0.314 e. The molecule has 0 heterocycles. The lowest BCUT2D eigenvalue weighted by Gasteiger charge is -2.08. The molecule has 0 saturated heterocycles. The maximum Gasteiger partial charge on any atom is 0.314 e. The van der Waals surface area contributed by atoms with E-state index in [1.54, 1.807) is 24.3 Å². The van der Waals surface area contributed by atoms with E-state index < -0.39 is 11.8 Å². The second-order valence-electron chi connectivity index (χ2n) is 4.92. The first kappa shape index (κ1) is 16.2. The van der Waals surface area contributed by atoms with Crippen LogP contribution < -0.4 is 10.6 Å². The predicted molar refractivity (Wildman–Crippen MR) is 92.0 cm³/mol. The van der Waals surface area contributed by atoms with Crippen LogP contribution in [0, 0.1) is 6.92 Å². The molecule has 0 aliphatic rings. The monoisotopic (exact) mass is 360 g/mol. The van der Waals surface area contributed by atoms with Gasteiger partial charge in [-0.3, -0.25) is 9.59 Å².